The molecule has 3 aliphatic rings. The minimum absolute atomic E-state index is 0.0997. The lowest BCUT2D eigenvalue weighted by atomic mass is 9.84. The zero-order valence-electron chi connectivity index (χ0n) is 25.1. The number of sulfonamides is 1. The molecule has 1 heterocycles. The molecule has 11 heteroatoms. The van der Waals surface area contributed by atoms with Crippen LogP contribution in [-0.4, -0.2) is 61.8 Å². The first kappa shape index (κ1) is 32.9. The third-order valence-corrected chi connectivity index (χ3v) is 11.0. The van der Waals surface area contributed by atoms with E-state index in [1.165, 1.54) is 23.1 Å². The number of allylic oxidation sites excluding steroid dienone is 3. The number of rotatable bonds is 9. The lowest BCUT2D eigenvalue weighted by Gasteiger charge is -2.38. The van der Waals surface area contributed by atoms with Crippen molar-refractivity contribution < 1.29 is 26.7 Å². The largest absolute Gasteiger partial charge is 0.490 e. The van der Waals surface area contributed by atoms with Crippen molar-refractivity contribution in [2.24, 2.45) is 17.6 Å². The van der Waals surface area contributed by atoms with Gasteiger partial charge in [0.2, 0.25) is 15.9 Å². The molecule has 2 aliphatic carbocycles. The Hall–Kier alpha value is -2.53. The number of hydrogen-bond acceptors (Lipinski definition) is 5. The molecule has 0 aromatic heterocycles. The van der Waals surface area contributed by atoms with E-state index in [4.69, 9.17) is 22.1 Å². The molecule has 2 aromatic rings. The number of likely N-dealkylation sites (tertiary alicyclic amines) is 1. The Morgan fingerprint density at radius 2 is 1.77 bits per heavy atom. The maximum atomic E-state index is 16.6. The van der Waals surface area contributed by atoms with Crippen LogP contribution in [0.4, 0.5) is 8.78 Å². The molecule has 1 amide bonds. The highest BCUT2D eigenvalue weighted by atomic mass is 35.5. The molecular weight excluding hydrogens is 608 g/mol. The van der Waals surface area contributed by atoms with Gasteiger partial charge in [0.25, 0.3) is 5.92 Å². The van der Waals surface area contributed by atoms with E-state index >= 15 is 8.78 Å². The van der Waals surface area contributed by atoms with Gasteiger partial charge in [-0.1, -0.05) is 36.4 Å². The number of amides is 1. The van der Waals surface area contributed by atoms with E-state index in [2.05, 4.69) is 11.3 Å². The van der Waals surface area contributed by atoms with Gasteiger partial charge < -0.3 is 15.4 Å². The van der Waals surface area contributed by atoms with Gasteiger partial charge in [0, 0.05) is 24.5 Å². The first-order chi connectivity index (χ1) is 20.8. The Balaban J connectivity index is 1.43. The first-order valence-corrected chi connectivity index (χ1v) is 17.4. The second-order valence-corrected chi connectivity index (χ2v) is 14.9. The number of piperidine rings is 1. The number of nitrogens with zero attached hydrogens (tertiary/aromatic N) is 1. The molecule has 5 rings (SSSR count). The van der Waals surface area contributed by atoms with Crippen LogP contribution in [0.3, 0.4) is 0 Å². The van der Waals surface area contributed by atoms with E-state index in [1.54, 1.807) is 31.2 Å². The number of halogens is 3. The molecule has 7 nitrogen and oxygen atoms in total. The number of carbonyl (C=O) groups excluding carboxylic acids is 1. The number of benzene rings is 2. The van der Waals surface area contributed by atoms with Crippen molar-refractivity contribution in [2.75, 3.05) is 13.1 Å². The van der Waals surface area contributed by atoms with E-state index in [-0.39, 0.29) is 53.4 Å². The highest BCUT2D eigenvalue weighted by Gasteiger charge is 2.54. The summed E-state index contributed by atoms with van der Waals surface area (Å²) in [7, 11) is -4.56. The summed E-state index contributed by atoms with van der Waals surface area (Å²) in [5, 5.41) is 1.09. The lowest BCUT2D eigenvalue weighted by molar-refractivity contribution is -0.147. The van der Waals surface area contributed by atoms with Gasteiger partial charge in [0.05, 0.1) is 16.9 Å². The maximum Gasteiger partial charge on any atom is 0.282 e. The molecular formula is C33H42ClF2N3O4S. The van der Waals surface area contributed by atoms with Gasteiger partial charge in [-0.25, -0.2) is 17.2 Å². The van der Waals surface area contributed by atoms with Crippen LogP contribution in [0.2, 0.25) is 0 Å². The van der Waals surface area contributed by atoms with Gasteiger partial charge in [-0.2, -0.15) is 4.72 Å². The van der Waals surface area contributed by atoms with Gasteiger partial charge in [0.1, 0.15) is 5.75 Å². The van der Waals surface area contributed by atoms with E-state index in [0.29, 0.717) is 30.4 Å². The number of fused-ring (bicyclic) bond motifs is 1. The summed E-state index contributed by atoms with van der Waals surface area (Å²) in [5.74, 6) is -5.75. The fourth-order valence-corrected chi connectivity index (χ4v) is 7.89. The molecule has 44 heavy (non-hydrogen) atoms. The summed E-state index contributed by atoms with van der Waals surface area (Å²) in [4.78, 5) is 14.8. The van der Waals surface area contributed by atoms with Crippen molar-refractivity contribution in [2.45, 2.75) is 92.7 Å². The quantitative estimate of drug-likeness (QED) is 0.250. The van der Waals surface area contributed by atoms with Crippen molar-refractivity contribution in [1.82, 2.24) is 9.62 Å². The van der Waals surface area contributed by atoms with Crippen molar-refractivity contribution >= 4 is 38.3 Å². The van der Waals surface area contributed by atoms with Crippen molar-refractivity contribution in [1.29, 1.82) is 0 Å². The second-order valence-electron chi connectivity index (χ2n) is 12.5. The van der Waals surface area contributed by atoms with Crippen molar-refractivity contribution in [3.63, 3.8) is 0 Å². The topological polar surface area (TPSA) is 102 Å². The Morgan fingerprint density at radius 1 is 1.11 bits per heavy atom. The third-order valence-electron chi connectivity index (χ3n) is 9.25. The average molecular weight is 650 g/mol. The van der Waals surface area contributed by atoms with Crippen LogP contribution in [0, 0.1) is 11.8 Å². The van der Waals surface area contributed by atoms with E-state index < -0.39 is 33.8 Å². The molecule has 4 atom stereocenters. The third kappa shape index (κ3) is 7.30. The Bertz CT molecular complexity index is 1500. The molecule has 3 unspecified atom stereocenters. The Kier molecular flexibility index (Phi) is 10.0. The van der Waals surface area contributed by atoms with E-state index in [9.17, 15) is 13.2 Å². The fourth-order valence-electron chi connectivity index (χ4n) is 6.46. The molecule has 2 aromatic carbocycles. The van der Waals surface area contributed by atoms with Gasteiger partial charge in [-0.05, 0) is 99.2 Å². The Labute approximate surface area is 263 Å². The van der Waals surface area contributed by atoms with Gasteiger partial charge >= 0.3 is 0 Å². The van der Waals surface area contributed by atoms with Crippen LogP contribution in [0.1, 0.15) is 58.3 Å². The van der Waals surface area contributed by atoms with E-state index in [0.717, 1.165) is 31.1 Å². The number of alkyl halides is 3. The van der Waals surface area contributed by atoms with Gasteiger partial charge in [0.15, 0.2) is 6.04 Å². The van der Waals surface area contributed by atoms with Crippen molar-refractivity contribution in [3.05, 3.63) is 60.7 Å². The maximum absolute atomic E-state index is 16.6. The minimum Gasteiger partial charge on any atom is -0.490 e. The van der Waals surface area contributed by atoms with Gasteiger partial charge in [-0.3, -0.25) is 4.79 Å². The number of carbonyl (C=O) groups is 1. The van der Waals surface area contributed by atoms with Crippen LogP contribution < -0.4 is 15.2 Å². The molecule has 0 radical (unpaired) electrons. The summed E-state index contributed by atoms with van der Waals surface area (Å²) in [6.45, 7) is 6.07. The zero-order valence-corrected chi connectivity index (χ0v) is 26.6. The molecule has 240 valence electrons. The van der Waals surface area contributed by atoms with Crippen LogP contribution in [0.5, 0.6) is 5.75 Å². The monoisotopic (exact) mass is 649 g/mol. The predicted molar refractivity (Wildman–Crippen MR) is 169 cm³/mol. The molecule has 1 aliphatic heterocycles. The van der Waals surface area contributed by atoms with Crippen LogP contribution >= 0.6 is 11.6 Å². The van der Waals surface area contributed by atoms with E-state index in [1.807, 2.05) is 6.07 Å². The fraction of sp³-hybridized carbons (Fsp3) is 0.545. The smallest absolute Gasteiger partial charge is 0.282 e. The lowest BCUT2D eigenvalue weighted by Crippen LogP contribution is -2.61. The molecule has 1 saturated carbocycles. The summed E-state index contributed by atoms with van der Waals surface area (Å²) in [6.07, 6.45) is 9.03. The number of ether oxygens (including phenoxy) is 1. The SMILES string of the molecule is C=C1CC([C@@H](C)Cl)CC=CC1C(F)(F)C(NS(=O)(=O)c1ccc2cc(OC3CCCC3)ccc2c1)C(=O)N1CCC(N)CC1. The average Bonchev–Trinajstić information content (AvgIpc) is 3.41. The predicted octanol–water partition coefficient (Wildman–Crippen LogP) is 6.16. The number of nitrogens with one attached hydrogen (secondary N) is 1. The highest BCUT2D eigenvalue weighted by Crippen LogP contribution is 2.41. The van der Waals surface area contributed by atoms with Crippen LogP contribution in [0.15, 0.2) is 65.6 Å². The number of nitrogens with two attached hydrogens (primary N) is 1. The highest BCUT2D eigenvalue weighted by molar-refractivity contribution is 7.89. The summed E-state index contributed by atoms with van der Waals surface area (Å²) < 4.78 is 68.8. The zero-order chi connectivity index (χ0) is 31.6. The summed E-state index contributed by atoms with van der Waals surface area (Å²) in [6, 6.07) is 7.29. The van der Waals surface area contributed by atoms with Crippen LogP contribution in [0.25, 0.3) is 10.8 Å². The Morgan fingerprint density at radius 3 is 2.45 bits per heavy atom. The summed E-state index contributed by atoms with van der Waals surface area (Å²) in [5.41, 5.74) is 6.19. The second kappa shape index (κ2) is 13.4. The first-order valence-electron chi connectivity index (χ1n) is 15.5. The van der Waals surface area contributed by atoms with Crippen LogP contribution in [-0.2, 0) is 14.8 Å². The minimum atomic E-state index is -4.56. The van der Waals surface area contributed by atoms with Crippen molar-refractivity contribution in [3.8, 4) is 5.75 Å². The molecule has 3 N–H and O–H groups in total. The molecule has 1 saturated heterocycles. The normalized spacial score (nSPS) is 23.9. The molecule has 2 fully saturated rings. The number of hydrogen-bond donors (Lipinski definition) is 2. The standard InChI is InChI=1S/C33H42ClF2N3O4S/c1-21-18-23(22(2)34)6-5-9-30(21)33(35,36)31(32(40)39-16-14-26(37)15-17-39)38-44(41,42)29-13-11-24-19-28(12-10-25(24)20-29)43-27-7-3-4-8-27/h5,9-13,19-20,22-23,26-27,30-31,38H,1,3-4,6-8,14-18,37H2,2H3/t22-,23?,30?,31?/m1/s1. The summed E-state index contributed by atoms with van der Waals surface area (Å²) >= 11 is 6.29. The molecule has 0 spiro atoms. The van der Waals surface area contributed by atoms with Gasteiger partial charge in [-0.15, -0.1) is 11.6 Å². The molecule has 0 bridgehead atoms.